The Morgan fingerprint density at radius 1 is 1.45 bits per heavy atom. The maximum Gasteiger partial charge on any atom is 0.315 e. The number of carboxylic acid groups (broad SMARTS) is 1. The van der Waals surface area contributed by atoms with Crippen molar-refractivity contribution in [3.05, 3.63) is 18.7 Å². The molecule has 0 saturated heterocycles. The zero-order valence-corrected chi connectivity index (χ0v) is 12.1. The Balaban J connectivity index is 2.36. The van der Waals surface area contributed by atoms with Gasteiger partial charge in [-0.3, -0.25) is 4.79 Å². The van der Waals surface area contributed by atoms with Gasteiger partial charge in [-0.2, -0.15) is 0 Å². The Kier molecular flexibility index (Phi) is 5.54. The van der Waals surface area contributed by atoms with Crippen molar-refractivity contribution in [3.8, 4) is 0 Å². The number of hydrogen-bond donors (Lipinski definition) is 3. The monoisotopic (exact) mass is 282 g/mol. The molecule has 0 bridgehead atoms. The van der Waals surface area contributed by atoms with Gasteiger partial charge in [0.15, 0.2) is 0 Å². The molecule has 1 atom stereocenters. The third-order valence-electron chi connectivity index (χ3n) is 2.84. The predicted molar refractivity (Wildman–Crippen MR) is 74.3 cm³/mol. The van der Waals surface area contributed by atoms with Gasteiger partial charge in [0.05, 0.1) is 6.33 Å². The fraction of sp³-hybridized carbons (Fsp3) is 0.615. The van der Waals surface area contributed by atoms with E-state index in [1.807, 2.05) is 17.7 Å². The molecule has 0 fully saturated rings. The van der Waals surface area contributed by atoms with Gasteiger partial charge in [-0.05, 0) is 27.2 Å². The van der Waals surface area contributed by atoms with E-state index in [4.69, 9.17) is 5.11 Å². The first-order valence-electron chi connectivity index (χ1n) is 6.55. The maximum absolute atomic E-state index is 11.8. The first-order chi connectivity index (χ1) is 9.28. The Morgan fingerprint density at radius 3 is 2.70 bits per heavy atom. The number of carboxylic acids is 1. The highest BCUT2D eigenvalue weighted by Gasteiger charge is 2.22. The van der Waals surface area contributed by atoms with Gasteiger partial charge in [0.1, 0.15) is 0 Å². The van der Waals surface area contributed by atoms with Crippen LogP contribution in [0.5, 0.6) is 0 Å². The molecule has 0 aliphatic carbocycles. The number of imidazole rings is 1. The first-order valence-corrected chi connectivity index (χ1v) is 6.55. The minimum atomic E-state index is -0.867. The topological polar surface area (TPSA) is 96.3 Å². The molecule has 0 spiro atoms. The summed E-state index contributed by atoms with van der Waals surface area (Å²) in [5.74, 6) is -0.867. The van der Waals surface area contributed by atoms with E-state index in [-0.39, 0.29) is 18.5 Å². The number of urea groups is 1. The summed E-state index contributed by atoms with van der Waals surface area (Å²) >= 11 is 0. The van der Waals surface area contributed by atoms with Crippen LogP contribution in [-0.2, 0) is 11.3 Å². The van der Waals surface area contributed by atoms with Gasteiger partial charge < -0.3 is 20.3 Å². The van der Waals surface area contributed by atoms with E-state index in [1.165, 1.54) is 0 Å². The molecule has 2 amide bonds. The van der Waals surface area contributed by atoms with Crippen LogP contribution < -0.4 is 10.6 Å². The lowest BCUT2D eigenvalue weighted by molar-refractivity contribution is -0.137. The lowest BCUT2D eigenvalue weighted by atomic mass is 9.99. The number of carbonyl (C=O) groups is 2. The highest BCUT2D eigenvalue weighted by molar-refractivity contribution is 5.75. The van der Waals surface area contributed by atoms with Crippen molar-refractivity contribution in [1.29, 1.82) is 0 Å². The van der Waals surface area contributed by atoms with E-state index >= 15 is 0 Å². The first kappa shape index (κ1) is 16.0. The smallest absolute Gasteiger partial charge is 0.315 e. The lowest BCUT2D eigenvalue weighted by Crippen LogP contribution is -2.51. The number of aromatic nitrogens is 2. The summed E-state index contributed by atoms with van der Waals surface area (Å²) in [7, 11) is 0. The largest absolute Gasteiger partial charge is 0.481 e. The SMILES string of the molecule is CC(Cn1ccnc1)NC(=O)NC(C)(C)CCC(=O)O. The molecule has 20 heavy (non-hydrogen) atoms. The number of nitrogens with zero attached hydrogens (tertiary/aromatic N) is 2. The average Bonchev–Trinajstić information content (AvgIpc) is 2.78. The summed E-state index contributed by atoms with van der Waals surface area (Å²) < 4.78 is 1.88. The van der Waals surface area contributed by atoms with E-state index in [0.717, 1.165) is 0 Å². The molecule has 0 aromatic carbocycles. The van der Waals surface area contributed by atoms with Crippen molar-refractivity contribution in [2.45, 2.75) is 51.7 Å². The second kappa shape index (κ2) is 6.93. The van der Waals surface area contributed by atoms with Crippen LogP contribution in [0.25, 0.3) is 0 Å². The van der Waals surface area contributed by atoms with Crippen molar-refractivity contribution in [1.82, 2.24) is 20.2 Å². The summed E-state index contributed by atoms with van der Waals surface area (Å²) in [4.78, 5) is 26.3. The standard InChI is InChI=1S/C13H22N4O3/c1-10(8-17-7-6-14-9-17)15-12(20)16-13(2,3)5-4-11(18)19/h6-7,9-10H,4-5,8H2,1-3H3,(H,18,19)(H2,15,16,20). The van der Waals surface area contributed by atoms with Gasteiger partial charge >= 0.3 is 12.0 Å². The molecule has 0 aliphatic rings. The molecule has 1 heterocycles. The fourth-order valence-corrected chi connectivity index (χ4v) is 1.81. The van der Waals surface area contributed by atoms with Crippen molar-refractivity contribution in [3.63, 3.8) is 0 Å². The van der Waals surface area contributed by atoms with Crippen LogP contribution >= 0.6 is 0 Å². The summed E-state index contributed by atoms with van der Waals surface area (Å²) in [6, 6.07) is -0.354. The number of hydrogen-bond acceptors (Lipinski definition) is 3. The van der Waals surface area contributed by atoms with Crippen molar-refractivity contribution >= 4 is 12.0 Å². The normalized spacial score (nSPS) is 12.8. The molecule has 1 aromatic heterocycles. The minimum absolute atomic E-state index is 0.0257. The van der Waals surface area contributed by atoms with Crippen LogP contribution in [0.1, 0.15) is 33.6 Å². The predicted octanol–water partition coefficient (Wildman–Crippen LogP) is 1.21. The highest BCUT2D eigenvalue weighted by Crippen LogP contribution is 2.10. The van der Waals surface area contributed by atoms with Gasteiger partial charge in [0, 0.05) is 36.9 Å². The van der Waals surface area contributed by atoms with Crippen LogP contribution in [0.4, 0.5) is 4.79 Å². The Labute approximate surface area is 118 Å². The zero-order valence-electron chi connectivity index (χ0n) is 12.1. The molecular weight excluding hydrogens is 260 g/mol. The number of aliphatic carboxylic acids is 1. The number of rotatable bonds is 7. The zero-order chi connectivity index (χ0) is 15.2. The van der Waals surface area contributed by atoms with Gasteiger partial charge in [0.25, 0.3) is 0 Å². The van der Waals surface area contributed by atoms with Crippen LogP contribution in [-0.4, -0.2) is 38.2 Å². The van der Waals surface area contributed by atoms with E-state index in [1.54, 1.807) is 26.4 Å². The van der Waals surface area contributed by atoms with Crippen LogP contribution in [0, 0.1) is 0 Å². The second-order valence-corrected chi connectivity index (χ2v) is 5.54. The van der Waals surface area contributed by atoms with E-state index in [9.17, 15) is 9.59 Å². The van der Waals surface area contributed by atoms with Gasteiger partial charge in [0.2, 0.25) is 0 Å². The number of nitrogens with one attached hydrogen (secondary N) is 2. The van der Waals surface area contributed by atoms with Crippen molar-refractivity contribution in [2.75, 3.05) is 0 Å². The van der Waals surface area contributed by atoms with Gasteiger partial charge in [-0.1, -0.05) is 0 Å². The molecule has 7 nitrogen and oxygen atoms in total. The summed E-state index contributed by atoms with van der Waals surface area (Å²) in [5, 5.41) is 14.3. The highest BCUT2D eigenvalue weighted by atomic mass is 16.4. The summed E-state index contributed by atoms with van der Waals surface area (Å²) in [6.45, 7) is 6.12. The number of amides is 2. The average molecular weight is 282 g/mol. The molecule has 1 unspecified atom stereocenters. The Bertz CT molecular complexity index is 442. The molecule has 7 heteroatoms. The molecule has 3 N–H and O–H groups in total. The second-order valence-electron chi connectivity index (χ2n) is 5.54. The van der Waals surface area contributed by atoms with Crippen LogP contribution in [0.2, 0.25) is 0 Å². The van der Waals surface area contributed by atoms with E-state index in [2.05, 4.69) is 15.6 Å². The number of carbonyl (C=O) groups excluding carboxylic acids is 1. The maximum atomic E-state index is 11.8. The molecule has 0 saturated carbocycles. The summed E-state index contributed by atoms with van der Waals surface area (Å²) in [5.41, 5.74) is -0.558. The van der Waals surface area contributed by atoms with Crippen LogP contribution in [0.15, 0.2) is 18.7 Å². The lowest BCUT2D eigenvalue weighted by Gasteiger charge is -2.27. The third-order valence-corrected chi connectivity index (χ3v) is 2.84. The van der Waals surface area contributed by atoms with Crippen molar-refractivity contribution in [2.24, 2.45) is 0 Å². The molecule has 0 aliphatic heterocycles. The van der Waals surface area contributed by atoms with Crippen molar-refractivity contribution < 1.29 is 14.7 Å². The quantitative estimate of drug-likeness (QED) is 0.700. The molecule has 0 radical (unpaired) electrons. The Morgan fingerprint density at radius 2 is 2.15 bits per heavy atom. The molecular formula is C13H22N4O3. The van der Waals surface area contributed by atoms with Gasteiger partial charge in [-0.15, -0.1) is 0 Å². The fourth-order valence-electron chi connectivity index (χ4n) is 1.81. The van der Waals surface area contributed by atoms with Gasteiger partial charge in [-0.25, -0.2) is 9.78 Å². The van der Waals surface area contributed by atoms with E-state index < -0.39 is 11.5 Å². The minimum Gasteiger partial charge on any atom is -0.481 e. The van der Waals surface area contributed by atoms with E-state index in [0.29, 0.717) is 13.0 Å². The Hall–Kier alpha value is -2.05. The molecule has 1 aromatic rings. The molecule has 1 rings (SSSR count). The van der Waals surface area contributed by atoms with Crippen LogP contribution in [0.3, 0.4) is 0 Å². The summed E-state index contributed by atoms with van der Waals surface area (Å²) in [6.07, 6.45) is 5.60. The third kappa shape index (κ3) is 6.21. The molecule has 112 valence electrons.